The summed E-state index contributed by atoms with van der Waals surface area (Å²) in [4.78, 5) is 16.9. The third-order valence-corrected chi connectivity index (χ3v) is 8.36. The van der Waals surface area contributed by atoms with E-state index >= 15 is 8.78 Å². The maximum atomic E-state index is 15.3. The van der Waals surface area contributed by atoms with Crippen LogP contribution in [0.4, 0.5) is 8.78 Å². The van der Waals surface area contributed by atoms with E-state index in [-0.39, 0.29) is 16.3 Å². The lowest BCUT2D eigenvalue weighted by molar-refractivity contribution is -0.188. The molecule has 0 radical (unpaired) electrons. The summed E-state index contributed by atoms with van der Waals surface area (Å²) in [6.45, 7) is 1.27. The lowest BCUT2D eigenvalue weighted by atomic mass is 10.2. The molecule has 1 aliphatic carbocycles. The predicted octanol–water partition coefficient (Wildman–Crippen LogP) is 1.59. The number of ether oxygens (including phenoxy) is 1. The van der Waals surface area contributed by atoms with Crippen molar-refractivity contribution >= 4 is 25.6 Å². The molecule has 208 valence electrons. The number of aromatic nitrogens is 1. The lowest BCUT2D eigenvalue weighted by Gasteiger charge is -2.28. The number of pyridine rings is 1. The zero-order chi connectivity index (χ0) is 28.9. The predicted molar refractivity (Wildman–Crippen MR) is 137 cm³/mol. The Morgan fingerprint density at radius 3 is 2.36 bits per heavy atom. The van der Waals surface area contributed by atoms with Crippen molar-refractivity contribution in [3.05, 3.63) is 54.4 Å². The third-order valence-electron chi connectivity index (χ3n) is 5.66. The smallest absolute Gasteiger partial charge is 0.425 e. The van der Waals surface area contributed by atoms with Crippen molar-refractivity contribution in [2.24, 2.45) is 0 Å². The molecule has 3 rings (SSSR count). The fraction of sp³-hybridized carbons (Fsp3) is 0.400. The summed E-state index contributed by atoms with van der Waals surface area (Å²) in [7, 11) is -7.64. The van der Waals surface area contributed by atoms with Crippen LogP contribution in [0.5, 0.6) is 5.75 Å². The molecule has 0 saturated heterocycles. The monoisotopic (exact) mass is 580 g/mol. The Kier molecular flexibility index (Phi) is 8.95. The van der Waals surface area contributed by atoms with Crippen molar-refractivity contribution in [3.63, 3.8) is 0 Å². The number of nitrogens with zero attached hydrogens (tertiary/aromatic N) is 2. The first-order chi connectivity index (χ1) is 18.2. The fourth-order valence-electron chi connectivity index (χ4n) is 3.47. The molecule has 0 aliphatic heterocycles. The number of nitriles is 1. The maximum absolute atomic E-state index is 15.3. The topological polar surface area (TPSA) is 155 Å². The Morgan fingerprint density at radius 1 is 1.18 bits per heavy atom. The number of hydrogen-bond donors (Lipinski definition) is 2. The minimum atomic E-state index is -4.09. The first-order valence-corrected chi connectivity index (χ1v) is 15.3. The molecule has 2 aromatic rings. The second-order valence-corrected chi connectivity index (χ2v) is 13.1. The molecule has 1 heterocycles. The Balaban J connectivity index is 1.86. The standard InChI is InChI=1S/C25H26F2N4O6S2/c1-3-6-22(25(26,27)37-19-8-10-20(11-9-19)38(2,33)34)30-21(23(32)31-24(17-28)12-13-24)16-39(35,36)15-18-7-4-5-14-29-18/h4-5,7-11,14,21-22,30H,12-13,15-16H2,1-2H3,(H,31,32). The lowest BCUT2D eigenvalue weighted by Crippen LogP contribution is -2.59. The highest BCUT2D eigenvalue weighted by atomic mass is 32.2. The third kappa shape index (κ3) is 8.45. The van der Waals surface area contributed by atoms with Crippen molar-refractivity contribution in [1.82, 2.24) is 15.6 Å². The van der Waals surface area contributed by atoms with Crippen molar-refractivity contribution in [1.29, 1.82) is 5.26 Å². The number of rotatable bonds is 12. The molecule has 10 nitrogen and oxygen atoms in total. The molecule has 39 heavy (non-hydrogen) atoms. The minimum Gasteiger partial charge on any atom is -0.431 e. The van der Waals surface area contributed by atoms with Crippen molar-refractivity contribution in [2.75, 3.05) is 12.0 Å². The molecule has 2 atom stereocenters. The van der Waals surface area contributed by atoms with Gasteiger partial charge in [0, 0.05) is 12.5 Å². The molecule has 0 spiro atoms. The van der Waals surface area contributed by atoms with Crippen molar-refractivity contribution in [2.45, 2.75) is 54.1 Å². The second-order valence-electron chi connectivity index (χ2n) is 9.01. The highest BCUT2D eigenvalue weighted by molar-refractivity contribution is 7.91. The van der Waals surface area contributed by atoms with Gasteiger partial charge in [-0.15, -0.1) is 5.92 Å². The number of hydrogen-bond acceptors (Lipinski definition) is 9. The average Bonchev–Trinajstić information content (AvgIpc) is 3.62. The number of alkyl halides is 2. The van der Waals surface area contributed by atoms with E-state index in [2.05, 4.69) is 27.5 Å². The summed E-state index contributed by atoms with van der Waals surface area (Å²) in [5, 5.41) is 14.1. The van der Waals surface area contributed by atoms with E-state index in [0.717, 1.165) is 30.5 Å². The van der Waals surface area contributed by atoms with Crippen LogP contribution in [-0.2, 0) is 30.2 Å². The van der Waals surface area contributed by atoms with E-state index in [9.17, 15) is 26.9 Å². The van der Waals surface area contributed by atoms with Crippen molar-refractivity contribution < 1.29 is 35.1 Å². The van der Waals surface area contributed by atoms with Crippen LogP contribution in [0.3, 0.4) is 0 Å². The van der Waals surface area contributed by atoms with E-state index in [4.69, 9.17) is 4.74 Å². The van der Waals surface area contributed by atoms with Crippen LogP contribution in [0.2, 0.25) is 0 Å². The number of amides is 1. The van der Waals surface area contributed by atoms with E-state index in [1.54, 1.807) is 12.1 Å². The molecular weight excluding hydrogens is 554 g/mol. The number of sulfone groups is 2. The minimum absolute atomic E-state index is 0.109. The molecule has 1 saturated carbocycles. The van der Waals surface area contributed by atoms with E-state index < -0.39 is 60.8 Å². The Labute approximate surface area is 225 Å². The van der Waals surface area contributed by atoms with Gasteiger partial charge in [-0.25, -0.2) is 16.8 Å². The van der Waals surface area contributed by atoms with Crippen LogP contribution in [0.1, 0.15) is 25.5 Å². The summed E-state index contributed by atoms with van der Waals surface area (Å²) in [6.07, 6.45) is -1.07. The normalized spacial score (nSPS) is 16.1. The largest absolute Gasteiger partial charge is 0.431 e. The molecule has 0 bridgehead atoms. The maximum Gasteiger partial charge on any atom is 0.425 e. The van der Waals surface area contributed by atoms with Gasteiger partial charge < -0.3 is 10.1 Å². The molecule has 1 aliphatic rings. The van der Waals surface area contributed by atoms with Crippen LogP contribution in [0.15, 0.2) is 53.6 Å². The van der Waals surface area contributed by atoms with Crippen LogP contribution < -0.4 is 15.4 Å². The molecule has 1 aromatic heterocycles. The van der Waals surface area contributed by atoms with Crippen LogP contribution in [0.25, 0.3) is 0 Å². The summed E-state index contributed by atoms with van der Waals surface area (Å²) in [6, 6.07) is 6.94. The van der Waals surface area contributed by atoms with E-state index in [1.165, 1.54) is 19.2 Å². The van der Waals surface area contributed by atoms with E-state index in [1.807, 2.05) is 6.07 Å². The number of nitrogens with one attached hydrogen (secondary N) is 2. The van der Waals surface area contributed by atoms with Gasteiger partial charge in [-0.3, -0.25) is 15.1 Å². The van der Waals surface area contributed by atoms with Crippen LogP contribution in [0, 0.1) is 23.2 Å². The molecule has 2 N–H and O–H groups in total. The van der Waals surface area contributed by atoms with Gasteiger partial charge in [-0.2, -0.15) is 14.0 Å². The summed E-state index contributed by atoms with van der Waals surface area (Å²) in [5.41, 5.74) is -0.989. The number of halogens is 2. The van der Waals surface area contributed by atoms with Crippen LogP contribution in [-0.4, -0.2) is 63.5 Å². The highest BCUT2D eigenvalue weighted by Gasteiger charge is 2.48. The molecule has 1 aromatic carbocycles. The SMILES string of the molecule is CC#CC(NC(CS(=O)(=O)Cc1ccccn1)C(=O)NC1(C#N)CC1)C(F)(F)Oc1ccc(S(C)(=O)=O)cc1. The number of carbonyl (C=O) groups excluding carboxylic acids is 1. The van der Waals surface area contributed by atoms with Gasteiger partial charge in [0.05, 0.1) is 28.2 Å². The second kappa shape index (κ2) is 11.7. The Bertz CT molecular complexity index is 1510. The first-order valence-electron chi connectivity index (χ1n) is 11.6. The van der Waals surface area contributed by atoms with Gasteiger partial charge in [0.25, 0.3) is 0 Å². The van der Waals surface area contributed by atoms with Gasteiger partial charge >= 0.3 is 6.11 Å². The van der Waals surface area contributed by atoms with E-state index in [0.29, 0.717) is 12.8 Å². The number of carbonyl (C=O) groups is 1. The molecule has 1 fully saturated rings. The number of benzene rings is 1. The van der Waals surface area contributed by atoms with Crippen molar-refractivity contribution in [3.8, 4) is 23.7 Å². The molecule has 14 heteroatoms. The van der Waals surface area contributed by atoms with Gasteiger partial charge in [-0.05, 0) is 56.2 Å². The summed E-state index contributed by atoms with van der Waals surface area (Å²) in [5.74, 6) is 1.73. The van der Waals surface area contributed by atoms with Crippen LogP contribution >= 0.6 is 0 Å². The highest BCUT2D eigenvalue weighted by Crippen LogP contribution is 2.34. The molecule has 1 amide bonds. The van der Waals surface area contributed by atoms with Gasteiger partial charge in [0.15, 0.2) is 25.7 Å². The van der Waals surface area contributed by atoms with Gasteiger partial charge in [0.1, 0.15) is 17.3 Å². The first kappa shape index (κ1) is 30.0. The summed E-state index contributed by atoms with van der Waals surface area (Å²) >= 11 is 0. The Morgan fingerprint density at radius 2 is 1.85 bits per heavy atom. The fourth-order valence-corrected chi connectivity index (χ4v) is 5.60. The molecule has 2 unspecified atom stereocenters. The quantitative estimate of drug-likeness (QED) is 0.356. The van der Waals surface area contributed by atoms with Gasteiger partial charge in [-0.1, -0.05) is 12.0 Å². The summed E-state index contributed by atoms with van der Waals surface area (Å²) < 4.78 is 84.4. The Hall–Kier alpha value is -3.59. The average molecular weight is 581 g/mol. The molecular formula is C25H26F2N4O6S2. The van der Waals surface area contributed by atoms with Gasteiger partial charge in [0.2, 0.25) is 5.91 Å². The zero-order valence-corrected chi connectivity index (χ0v) is 22.7. The zero-order valence-electron chi connectivity index (χ0n) is 21.0.